The Morgan fingerprint density at radius 3 is 2.25 bits per heavy atom. The smallest absolute Gasteiger partial charge is 0.338 e. The van der Waals surface area contributed by atoms with Gasteiger partial charge in [-0.05, 0) is 60.8 Å². The van der Waals surface area contributed by atoms with Crippen molar-refractivity contribution < 1.29 is 23.9 Å². The lowest BCUT2D eigenvalue weighted by Crippen LogP contribution is -2.40. The first kappa shape index (κ1) is 20.9. The number of unbranched alkanes of at least 4 members (excludes halogenated alkanes) is 1. The molecule has 3 amide bonds. The van der Waals surface area contributed by atoms with E-state index in [1.807, 2.05) is 6.92 Å². The fourth-order valence-electron chi connectivity index (χ4n) is 5.76. The Morgan fingerprint density at radius 1 is 1.03 bits per heavy atom. The van der Waals surface area contributed by atoms with Crippen LogP contribution < -0.4 is 5.32 Å². The Bertz CT molecular complexity index is 949. The number of nitrogens with one attached hydrogen (secondary N) is 1. The molecule has 0 unspecified atom stereocenters. The molecule has 5 aliphatic rings. The minimum Gasteiger partial charge on any atom is -0.462 e. The second-order valence-corrected chi connectivity index (χ2v) is 9.35. The van der Waals surface area contributed by atoms with Gasteiger partial charge in [0.05, 0.1) is 24.0 Å². The normalized spacial score (nSPS) is 31.3. The molecule has 1 aromatic carbocycles. The Labute approximate surface area is 187 Å². The van der Waals surface area contributed by atoms with Gasteiger partial charge in [-0.1, -0.05) is 25.5 Å². The van der Waals surface area contributed by atoms with E-state index in [9.17, 15) is 19.2 Å². The number of likely N-dealkylation sites (tertiary alicyclic amines) is 1. The van der Waals surface area contributed by atoms with Crippen molar-refractivity contribution >= 4 is 29.4 Å². The molecule has 1 aromatic rings. The number of hydrogen-bond acceptors (Lipinski definition) is 5. The first-order valence-electron chi connectivity index (χ1n) is 11.6. The number of allylic oxidation sites excluding steroid dienone is 2. The number of rotatable bonds is 8. The fourth-order valence-corrected chi connectivity index (χ4v) is 5.76. The van der Waals surface area contributed by atoms with Gasteiger partial charge in [-0.15, -0.1) is 0 Å². The summed E-state index contributed by atoms with van der Waals surface area (Å²) >= 11 is 0. The first-order valence-corrected chi connectivity index (χ1v) is 11.6. The lowest BCUT2D eigenvalue weighted by Gasteiger charge is -2.37. The number of ether oxygens (including phenoxy) is 1. The number of amides is 3. The standard InChI is InChI=1S/C25H28N2O5/c1-2-3-12-32-25(31)14-4-6-15(7-5-14)26-20(28)10-11-27-23(29)21-16-8-9-17(19-13-18(16)19)22(21)24(27)30/h4-9,16-19,21-22H,2-3,10-13H2,1H3,(H,26,28)/t16-,17-,18-,19-,21-,22+/m1/s1. The average Bonchev–Trinajstić information content (AvgIpc) is 3.57. The first-order chi connectivity index (χ1) is 15.5. The van der Waals surface area contributed by atoms with E-state index in [4.69, 9.17) is 4.74 Å². The number of carbonyl (C=O) groups is 4. The van der Waals surface area contributed by atoms with E-state index in [1.54, 1.807) is 24.3 Å². The van der Waals surface area contributed by atoms with E-state index < -0.39 is 0 Å². The van der Waals surface area contributed by atoms with Crippen molar-refractivity contribution in [2.75, 3.05) is 18.5 Å². The van der Waals surface area contributed by atoms with Crippen LogP contribution in [-0.2, 0) is 19.1 Å². The van der Waals surface area contributed by atoms with Crippen LogP contribution in [0.25, 0.3) is 0 Å². The van der Waals surface area contributed by atoms with Crippen molar-refractivity contribution in [3.8, 4) is 0 Å². The number of hydrogen-bond donors (Lipinski definition) is 1. The summed E-state index contributed by atoms with van der Waals surface area (Å²) in [6, 6.07) is 6.50. The summed E-state index contributed by atoms with van der Waals surface area (Å²) in [5.41, 5.74) is 0.978. The van der Waals surface area contributed by atoms with Gasteiger partial charge >= 0.3 is 5.97 Å². The summed E-state index contributed by atoms with van der Waals surface area (Å²) in [6.07, 6.45) is 7.24. The van der Waals surface area contributed by atoms with Gasteiger partial charge in [0.1, 0.15) is 0 Å². The van der Waals surface area contributed by atoms with E-state index in [1.165, 1.54) is 4.90 Å². The quantitative estimate of drug-likeness (QED) is 0.293. The van der Waals surface area contributed by atoms with E-state index in [0.29, 0.717) is 29.7 Å². The molecule has 0 radical (unpaired) electrons. The minimum absolute atomic E-state index is 0.0490. The predicted molar refractivity (Wildman–Crippen MR) is 116 cm³/mol. The molecule has 1 heterocycles. The molecule has 1 N–H and O–H groups in total. The molecule has 1 aliphatic heterocycles. The molecule has 7 nitrogen and oxygen atoms in total. The molecule has 7 heteroatoms. The molecular formula is C25H28N2O5. The predicted octanol–water partition coefficient (Wildman–Crippen LogP) is 3.03. The lowest BCUT2D eigenvalue weighted by atomic mass is 9.63. The number of anilines is 1. The molecule has 4 aliphatic carbocycles. The third-order valence-electron chi connectivity index (χ3n) is 7.45. The molecule has 2 bridgehead atoms. The maximum absolute atomic E-state index is 13.0. The van der Waals surface area contributed by atoms with Crippen molar-refractivity contribution in [2.45, 2.75) is 32.6 Å². The van der Waals surface area contributed by atoms with Crippen molar-refractivity contribution in [1.82, 2.24) is 4.90 Å². The molecule has 0 aromatic heterocycles. The third kappa shape index (κ3) is 3.53. The van der Waals surface area contributed by atoms with Gasteiger partial charge in [-0.2, -0.15) is 0 Å². The highest BCUT2D eigenvalue weighted by Gasteiger charge is 2.66. The van der Waals surface area contributed by atoms with Crippen LogP contribution in [0.5, 0.6) is 0 Å². The van der Waals surface area contributed by atoms with Gasteiger partial charge in [0.2, 0.25) is 17.7 Å². The van der Waals surface area contributed by atoms with E-state index in [0.717, 1.165) is 19.3 Å². The van der Waals surface area contributed by atoms with Crippen LogP contribution in [0.2, 0.25) is 0 Å². The highest BCUT2D eigenvalue weighted by molar-refractivity contribution is 6.06. The van der Waals surface area contributed by atoms with Crippen LogP contribution in [0.15, 0.2) is 36.4 Å². The van der Waals surface area contributed by atoms with Crippen molar-refractivity contribution in [2.24, 2.45) is 35.5 Å². The summed E-state index contributed by atoms with van der Waals surface area (Å²) in [5.74, 6) is 0.189. The summed E-state index contributed by atoms with van der Waals surface area (Å²) < 4.78 is 5.17. The largest absolute Gasteiger partial charge is 0.462 e. The van der Waals surface area contributed by atoms with Crippen molar-refractivity contribution in [1.29, 1.82) is 0 Å². The monoisotopic (exact) mass is 436 g/mol. The van der Waals surface area contributed by atoms with Crippen LogP contribution in [-0.4, -0.2) is 41.7 Å². The van der Waals surface area contributed by atoms with Crippen molar-refractivity contribution in [3.05, 3.63) is 42.0 Å². The number of carbonyl (C=O) groups excluding carboxylic acids is 4. The maximum Gasteiger partial charge on any atom is 0.338 e. The number of nitrogens with zero attached hydrogens (tertiary/aromatic N) is 1. The molecule has 3 fully saturated rings. The zero-order chi connectivity index (χ0) is 22.4. The molecular weight excluding hydrogens is 408 g/mol. The summed E-state index contributed by atoms with van der Waals surface area (Å²) in [4.78, 5) is 51.6. The molecule has 0 spiro atoms. The van der Waals surface area contributed by atoms with Gasteiger partial charge in [0.25, 0.3) is 0 Å². The van der Waals surface area contributed by atoms with E-state index >= 15 is 0 Å². The molecule has 2 saturated carbocycles. The Kier molecular flexibility index (Phi) is 5.35. The number of imide groups is 1. The molecule has 6 rings (SSSR count). The van der Waals surface area contributed by atoms with Crippen molar-refractivity contribution in [3.63, 3.8) is 0 Å². The summed E-state index contributed by atoms with van der Waals surface area (Å²) in [7, 11) is 0. The molecule has 32 heavy (non-hydrogen) atoms. The number of esters is 1. The maximum atomic E-state index is 13.0. The molecule has 168 valence electrons. The third-order valence-corrected chi connectivity index (χ3v) is 7.45. The Morgan fingerprint density at radius 2 is 1.66 bits per heavy atom. The van der Waals surface area contributed by atoms with Crippen LogP contribution in [0.3, 0.4) is 0 Å². The zero-order valence-electron chi connectivity index (χ0n) is 18.2. The Hall–Kier alpha value is -2.96. The topological polar surface area (TPSA) is 92.8 Å². The molecule has 6 atom stereocenters. The van der Waals surface area contributed by atoms with Gasteiger partial charge in [-0.25, -0.2) is 4.79 Å². The van der Waals surface area contributed by atoms with Crippen LogP contribution >= 0.6 is 0 Å². The second-order valence-electron chi connectivity index (χ2n) is 9.35. The van der Waals surface area contributed by atoms with Crippen LogP contribution in [0.1, 0.15) is 43.0 Å². The zero-order valence-corrected chi connectivity index (χ0v) is 18.2. The highest BCUT2D eigenvalue weighted by atomic mass is 16.5. The lowest BCUT2D eigenvalue weighted by molar-refractivity contribution is -0.140. The Balaban J connectivity index is 1.14. The number of benzene rings is 1. The van der Waals surface area contributed by atoms with E-state index in [2.05, 4.69) is 17.5 Å². The van der Waals surface area contributed by atoms with Gasteiger partial charge in [-0.3, -0.25) is 19.3 Å². The van der Waals surface area contributed by atoms with Gasteiger partial charge in [0, 0.05) is 18.7 Å². The van der Waals surface area contributed by atoms with Gasteiger partial charge in [0.15, 0.2) is 0 Å². The SMILES string of the molecule is CCCCOC(=O)c1ccc(NC(=O)CCN2C(=O)[C@@H]3[C@@H]4C=C[C@H]([C@H]5C[C@H]45)[C@@H]3C2=O)cc1. The van der Waals surface area contributed by atoms with Crippen LogP contribution in [0.4, 0.5) is 5.69 Å². The second kappa shape index (κ2) is 8.19. The average molecular weight is 437 g/mol. The van der Waals surface area contributed by atoms with Gasteiger partial charge < -0.3 is 10.1 Å². The fraction of sp³-hybridized carbons (Fsp3) is 0.520. The summed E-state index contributed by atoms with van der Waals surface area (Å²) in [5, 5.41) is 2.77. The summed E-state index contributed by atoms with van der Waals surface area (Å²) in [6.45, 7) is 2.52. The minimum atomic E-state index is -0.384. The van der Waals surface area contributed by atoms with Crippen LogP contribution in [0, 0.1) is 35.5 Å². The highest BCUT2D eigenvalue weighted by Crippen LogP contribution is 2.65. The van der Waals surface area contributed by atoms with E-state index in [-0.39, 0.29) is 60.3 Å². The molecule has 1 saturated heterocycles.